The normalized spacial score (nSPS) is 14.5. The fourth-order valence-corrected chi connectivity index (χ4v) is 4.27. The van der Waals surface area contributed by atoms with E-state index in [2.05, 4.69) is 58.6 Å². The Balaban J connectivity index is 0.00000140. The van der Waals surface area contributed by atoms with Gasteiger partial charge in [-0.15, -0.1) is 24.8 Å². The predicted molar refractivity (Wildman–Crippen MR) is 124 cm³/mol. The Morgan fingerprint density at radius 2 is 1.86 bits per heavy atom. The van der Waals surface area contributed by atoms with Crippen molar-refractivity contribution in [3.63, 3.8) is 0 Å². The molecular weight excluding hydrogens is 389 g/mol. The summed E-state index contributed by atoms with van der Waals surface area (Å²) in [6.45, 7) is 4.31. The highest BCUT2D eigenvalue weighted by molar-refractivity contribution is 5.85. The Kier molecular flexibility index (Phi) is 8.81. The summed E-state index contributed by atoms with van der Waals surface area (Å²) in [5.41, 5.74) is 7.34. The molecule has 1 aliphatic rings. The van der Waals surface area contributed by atoms with Crippen molar-refractivity contribution in [2.45, 2.75) is 52.0 Å². The van der Waals surface area contributed by atoms with Crippen molar-refractivity contribution in [1.29, 1.82) is 0 Å². The van der Waals surface area contributed by atoms with Crippen LogP contribution in [0.1, 0.15) is 49.7 Å². The minimum absolute atomic E-state index is 0. The van der Waals surface area contributed by atoms with Crippen molar-refractivity contribution < 1.29 is 0 Å². The van der Waals surface area contributed by atoms with Gasteiger partial charge < -0.3 is 10.3 Å². The lowest BCUT2D eigenvalue weighted by molar-refractivity contribution is 0.334. The Labute approximate surface area is 180 Å². The Morgan fingerprint density at radius 1 is 1.04 bits per heavy atom. The second kappa shape index (κ2) is 10.8. The molecule has 28 heavy (non-hydrogen) atoms. The lowest BCUT2D eigenvalue weighted by Crippen LogP contribution is -2.19. The van der Waals surface area contributed by atoms with Gasteiger partial charge in [-0.1, -0.05) is 56.4 Å². The molecule has 0 radical (unpaired) electrons. The zero-order valence-electron chi connectivity index (χ0n) is 16.5. The summed E-state index contributed by atoms with van der Waals surface area (Å²) >= 11 is 0. The predicted octanol–water partition coefficient (Wildman–Crippen LogP) is 6.44. The average molecular weight is 420 g/mol. The second-order valence-corrected chi connectivity index (χ2v) is 7.75. The first-order chi connectivity index (χ1) is 12.8. The molecule has 152 valence electrons. The molecule has 1 fully saturated rings. The third-order valence-electron chi connectivity index (χ3n) is 5.81. The van der Waals surface area contributed by atoms with Crippen LogP contribution in [0, 0.1) is 12.8 Å². The number of hydrogen-bond acceptors (Lipinski definition) is 2. The maximum atomic E-state index is 4.37. The minimum Gasteiger partial charge on any atom is -0.345 e. The van der Waals surface area contributed by atoms with Gasteiger partial charge in [-0.25, -0.2) is 4.98 Å². The number of hydrogen-bond donors (Lipinski definition) is 2. The molecular formula is C23H31Cl2N3. The van der Waals surface area contributed by atoms with Gasteiger partial charge in [0.05, 0.1) is 17.4 Å². The number of rotatable bonds is 6. The summed E-state index contributed by atoms with van der Waals surface area (Å²) < 4.78 is 0. The number of halogens is 2. The van der Waals surface area contributed by atoms with E-state index in [4.69, 9.17) is 0 Å². The highest BCUT2D eigenvalue weighted by atomic mass is 35.5. The molecule has 0 amide bonds. The molecule has 0 aliphatic heterocycles. The molecule has 1 saturated carbocycles. The van der Waals surface area contributed by atoms with Crippen molar-refractivity contribution in [2.75, 3.05) is 6.54 Å². The van der Waals surface area contributed by atoms with Crippen molar-refractivity contribution in [2.24, 2.45) is 5.92 Å². The lowest BCUT2D eigenvalue weighted by atomic mass is 9.87. The molecule has 1 heterocycles. The molecule has 4 rings (SSSR count). The molecule has 2 aromatic carbocycles. The van der Waals surface area contributed by atoms with Crippen LogP contribution in [0.3, 0.4) is 0 Å². The van der Waals surface area contributed by atoms with E-state index < -0.39 is 0 Å². The molecule has 0 atom stereocenters. The SMILES string of the molecule is Cc1cc(CNCCC2CCCCC2)ccc1-c1ccc2[nH]cnc2c1.Cl.Cl. The molecule has 1 aliphatic carbocycles. The largest absolute Gasteiger partial charge is 0.345 e. The quantitative estimate of drug-likeness (QED) is 0.451. The Bertz CT molecular complexity index is 869. The smallest absolute Gasteiger partial charge is 0.0931 e. The van der Waals surface area contributed by atoms with Crippen LogP contribution in [0.5, 0.6) is 0 Å². The van der Waals surface area contributed by atoms with Crippen LogP contribution in [-0.4, -0.2) is 16.5 Å². The van der Waals surface area contributed by atoms with Crippen LogP contribution in [-0.2, 0) is 6.54 Å². The maximum absolute atomic E-state index is 4.37. The zero-order valence-corrected chi connectivity index (χ0v) is 18.2. The highest BCUT2D eigenvalue weighted by Gasteiger charge is 2.12. The number of aromatic nitrogens is 2. The lowest BCUT2D eigenvalue weighted by Gasteiger charge is -2.21. The standard InChI is InChI=1S/C23H29N3.2ClH/c1-17-13-19(15-24-12-11-18-5-3-2-4-6-18)7-9-21(17)20-8-10-22-23(14-20)26-16-25-22;;/h7-10,13-14,16,18,24H,2-6,11-12,15H2,1H3,(H,25,26);2*1H. The molecule has 3 aromatic rings. The third kappa shape index (κ3) is 5.50. The van der Waals surface area contributed by atoms with Gasteiger partial charge >= 0.3 is 0 Å². The van der Waals surface area contributed by atoms with Gasteiger partial charge in [0.1, 0.15) is 0 Å². The van der Waals surface area contributed by atoms with Gasteiger partial charge in [-0.3, -0.25) is 0 Å². The number of benzene rings is 2. The second-order valence-electron chi connectivity index (χ2n) is 7.75. The molecule has 0 bridgehead atoms. The summed E-state index contributed by atoms with van der Waals surface area (Å²) in [6, 6.07) is 13.3. The Morgan fingerprint density at radius 3 is 2.64 bits per heavy atom. The van der Waals surface area contributed by atoms with Crippen LogP contribution in [0.2, 0.25) is 0 Å². The van der Waals surface area contributed by atoms with E-state index in [1.165, 1.54) is 60.8 Å². The fraction of sp³-hybridized carbons (Fsp3) is 0.435. The van der Waals surface area contributed by atoms with Crippen LogP contribution >= 0.6 is 24.8 Å². The van der Waals surface area contributed by atoms with E-state index in [1.54, 1.807) is 6.33 Å². The van der Waals surface area contributed by atoms with Gasteiger partial charge in [0.15, 0.2) is 0 Å². The van der Waals surface area contributed by atoms with Crippen molar-refractivity contribution >= 4 is 35.8 Å². The van der Waals surface area contributed by atoms with Crippen LogP contribution in [0.15, 0.2) is 42.7 Å². The first-order valence-electron chi connectivity index (χ1n) is 10.0. The number of aromatic amines is 1. The summed E-state index contributed by atoms with van der Waals surface area (Å²) in [5.74, 6) is 0.956. The molecule has 1 aromatic heterocycles. The topological polar surface area (TPSA) is 40.7 Å². The van der Waals surface area contributed by atoms with Crippen molar-refractivity contribution in [1.82, 2.24) is 15.3 Å². The first-order valence-corrected chi connectivity index (χ1v) is 10.0. The van der Waals surface area contributed by atoms with E-state index >= 15 is 0 Å². The Hall–Kier alpha value is -1.55. The van der Waals surface area contributed by atoms with E-state index in [-0.39, 0.29) is 24.8 Å². The monoisotopic (exact) mass is 419 g/mol. The number of nitrogens with zero attached hydrogens (tertiary/aromatic N) is 1. The first kappa shape index (κ1) is 22.7. The molecule has 5 heteroatoms. The number of aryl methyl sites for hydroxylation is 1. The zero-order chi connectivity index (χ0) is 17.8. The van der Waals surface area contributed by atoms with Crippen LogP contribution in [0.25, 0.3) is 22.2 Å². The van der Waals surface area contributed by atoms with Gasteiger partial charge in [0.25, 0.3) is 0 Å². The summed E-state index contributed by atoms with van der Waals surface area (Å²) in [6.07, 6.45) is 10.3. The third-order valence-corrected chi connectivity index (χ3v) is 5.81. The summed E-state index contributed by atoms with van der Waals surface area (Å²) in [7, 11) is 0. The number of H-pyrrole nitrogens is 1. The maximum Gasteiger partial charge on any atom is 0.0931 e. The van der Waals surface area contributed by atoms with Gasteiger partial charge in [0.2, 0.25) is 0 Å². The molecule has 0 unspecified atom stereocenters. The highest BCUT2D eigenvalue weighted by Crippen LogP contribution is 2.27. The van der Waals surface area contributed by atoms with Gasteiger partial charge in [-0.2, -0.15) is 0 Å². The van der Waals surface area contributed by atoms with Gasteiger partial charge in [0, 0.05) is 6.54 Å². The van der Waals surface area contributed by atoms with Crippen LogP contribution in [0.4, 0.5) is 0 Å². The van der Waals surface area contributed by atoms with E-state index in [0.717, 1.165) is 30.0 Å². The van der Waals surface area contributed by atoms with Gasteiger partial charge in [-0.05, 0) is 60.2 Å². The van der Waals surface area contributed by atoms with Crippen LogP contribution < -0.4 is 5.32 Å². The van der Waals surface area contributed by atoms with E-state index in [0.29, 0.717) is 0 Å². The van der Waals surface area contributed by atoms with E-state index in [9.17, 15) is 0 Å². The summed E-state index contributed by atoms with van der Waals surface area (Å²) in [4.78, 5) is 7.53. The molecule has 2 N–H and O–H groups in total. The molecule has 0 saturated heterocycles. The molecule has 3 nitrogen and oxygen atoms in total. The minimum atomic E-state index is 0. The summed E-state index contributed by atoms with van der Waals surface area (Å²) in [5, 5.41) is 3.64. The number of imidazole rings is 1. The fourth-order valence-electron chi connectivity index (χ4n) is 4.27. The van der Waals surface area contributed by atoms with E-state index in [1.807, 2.05) is 0 Å². The average Bonchev–Trinajstić information content (AvgIpc) is 3.14. The molecule has 0 spiro atoms. The van der Waals surface area contributed by atoms with Crippen molar-refractivity contribution in [3.05, 3.63) is 53.9 Å². The number of fused-ring (bicyclic) bond motifs is 1. The number of nitrogens with one attached hydrogen (secondary N) is 2. The van der Waals surface area contributed by atoms with Crippen molar-refractivity contribution in [3.8, 4) is 11.1 Å².